The number of aldehydes is 1. The molecule has 0 unspecified atom stereocenters. The van der Waals surface area contributed by atoms with E-state index in [0.717, 1.165) is 12.1 Å². The first-order chi connectivity index (χ1) is 8.43. The summed E-state index contributed by atoms with van der Waals surface area (Å²) < 4.78 is 41.0. The van der Waals surface area contributed by atoms with Crippen molar-refractivity contribution >= 4 is 18.3 Å². The molecular formula is C11H7F3O4. The zero-order valence-electron chi connectivity index (χ0n) is 8.77. The van der Waals surface area contributed by atoms with Crippen LogP contribution in [0.4, 0.5) is 13.2 Å². The Morgan fingerprint density at radius 3 is 2.50 bits per heavy atom. The maximum absolute atomic E-state index is 13.2. The smallest absolute Gasteiger partial charge is 0.387 e. The summed E-state index contributed by atoms with van der Waals surface area (Å²) in [7, 11) is 0. The lowest BCUT2D eigenvalue weighted by Gasteiger charge is -2.08. The molecule has 18 heavy (non-hydrogen) atoms. The van der Waals surface area contributed by atoms with Crippen LogP contribution >= 0.6 is 0 Å². The van der Waals surface area contributed by atoms with Crippen LogP contribution in [0.3, 0.4) is 0 Å². The largest absolute Gasteiger partial charge is 0.478 e. The Labute approximate surface area is 99.3 Å². The minimum Gasteiger partial charge on any atom is -0.478 e. The Morgan fingerprint density at radius 2 is 2.00 bits per heavy atom. The molecule has 4 nitrogen and oxygen atoms in total. The van der Waals surface area contributed by atoms with Gasteiger partial charge in [0.1, 0.15) is 0 Å². The van der Waals surface area contributed by atoms with Crippen LogP contribution in [0, 0.1) is 5.82 Å². The average Bonchev–Trinajstić information content (AvgIpc) is 2.28. The summed E-state index contributed by atoms with van der Waals surface area (Å²) in [5.41, 5.74) is -0.212. The fourth-order valence-electron chi connectivity index (χ4n) is 1.18. The van der Waals surface area contributed by atoms with E-state index in [0.29, 0.717) is 12.1 Å². The minimum absolute atomic E-state index is 0.0375. The van der Waals surface area contributed by atoms with Gasteiger partial charge in [-0.3, -0.25) is 4.79 Å². The lowest BCUT2D eigenvalue weighted by molar-refractivity contribution is -0.131. The Balaban J connectivity index is 3.21. The third-order valence-electron chi connectivity index (χ3n) is 1.89. The maximum Gasteiger partial charge on any atom is 0.387 e. The highest BCUT2D eigenvalue weighted by molar-refractivity contribution is 5.89. The molecule has 0 amide bonds. The van der Waals surface area contributed by atoms with Crippen LogP contribution in [0.15, 0.2) is 18.2 Å². The maximum atomic E-state index is 13.2. The average molecular weight is 260 g/mol. The van der Waals surface area contributed by atoms with Crippen molar-refractivity contribution in [2.45, 2.75) is 6.61 Å². The molecular weight excluding hydrogens is 253 g/mol. The molecule has 0 fully saturated rings. The van der Waals surface area contributed by atoms with Gasteiger partial charge in [0.15, 0.2) is 17.9 Å². The molecule has 0 aliphatic rings. The number of carboxylic acid groups (broad SMARTS) is 1. The van der Waals surface area contributed by atoms with E-state index in [1.165, 1.54) is 0 Å². The fraction of sp³-hybridized carbons (Fsp3) is 0.0909. The van der Waals surface area contributed by atoms with Crippen LogP contribution in [-0.4, -0.2) is 24.0 Å². The third kappa shape index (κ3) is 3.62. The van der Waals surface area contributed by atoms with Crippen molar-refractivity contribution in [3.8, 4) is 5.75 Å². The minimum atomic E-state index is -3.22. The number of halogens is 3. The molecule has 1 aromatic rings. The van der Waals surface area contributed by atoms with Gasteiger partial charge in [-0.1, -0.05) is 0 Å². The first-order valence-electron chi connectivity index (χ1n) is 4.58. The Hall–Kier alpha value is -2.31. The number of rotatable bonds is 5. The number of benzene rings is 1. The molecule has 0 saturated carbocycles. The van der Waals surface area contributed by atoms with Gasteiger partial charge in [0.05, 0.1) is 0 Å². The second-order valence-electron chi connectivity index (χ2n) is 3.08. The summed E-state index contributed by atoms with van der Waals surface area (Å²) in [4.78, 5) is 20.9. The Morgan fingerprint density at radius 1 is 1.33 bits per heavy atom. The SMILES string of the molecule is O=Cc1cc(F)c(OC(F)F)cc1/C=C/C(=O)O. The van der Waals surface area contributed by atoms with Crippen molar-refractivity contribution < 1.29 is 32.6 Å². The number of hydrogen-bond donors (Lipinski definition) is 1. The highest BCUT2D eigenvalue weighted by Gasteiger charge is 2.13. The number of ether oxygens (including phenoxy) is 1. The first kappa shape index (κ1) is 13.8. The van der Waals surface area contributed by atoms with Crippen LogP contribution in [0.5, 0.6) is 5.75 Å². The van der Waals surface area contributed by atoms with Crippen LogP contribution < -0.4 is 4.74 Å². The summed E-state index contributed by atoms with van der Waals surface area (Å²) in [6.45, 7) is -3.22. The van der Waals surface area contributed by atoms with Gasteiger partial charge >= 0.3 is 12.6 Å². The molecule has 1 aromatic carbocycles. The van der Waals surface area contributed by atoms with Gasteiger partial charge in [0, 0.05) is 11.6 Å². The second kappa shape index (κ2) is 5.85. The van der Waals surface area contributed by atoms with Crippen LogP contribution in [0.25, 0.3) is 6.08 Å². The van der Waals surface area contributed by atoms with Gasteiger partial charge in [0.25, 0.3) is 0 Å². The van der Waals surface area contributed by atoms with Gasteiger partial charge < -0.3 is 9.84 Å². The molecule has 0 aromatic heterocycles. The predicted octanol–water partition coefficient (Wildman–Crippen LogP) is 2.34. The van der Waals surface area contributed by atoms with Gasteiger partial charge in [0.2, 0.25) is 0 Å². The van der Waals surface area contributed by atoms with E-state index in [9.17, 15) is 22.8 Å². The number of aliphatic carboxylic acids is 1. The molecule has 1 N–H and O–H groups in total. The molecule has 7 heteroatoms. The molecule has 0 radical (unpaired) electrons. The lowest BCUT2D eigenvalue weighted by Crippen LogP contribution is -2.05. The van der Waals surface area contributed by atoms with Crippen molar-refractivity contribution in [2.75, 3.05) is 0 Å². The zero-order chi connectivity index (χ0) is 13.7. The standard InChI is InChI=1S/C11H7F3O4/c12-8-3-7(5-15)6(1-2-10(16)17)4-9(8)18-11(13)14/h1-5,11H,(H,16,17)/b2-1+. The monoisotopic (exact) mass is 260 g/mol. The lowest BCUT2D eigenvalue weighted by atomic mass is 10.1. The summed E-state index contributed by atoms with van der Waals surface area (Å²) in [6.07, 6.45) is 1.94. The van der Waals surface area contributed by atoms with E-state index in [2.05, 4.69) is 4.74 Å². The van der Waals surface area contributed by atoms with Crippen LogP contribution in [0.2, 0.25) is 0 Å². The van der Waals surface area contributed by atoms with Crippen molar-refractivity contribution in [3.05, 3.63) is 35.2 Å². The molecule has 0 heterocycles. The molecule has 0 spiro atoms. The van der Waals surface area contributed by atoms with Crippen molar-refractivity contribution in [2.24, 2.45) is 0 Å². The molecule has 0 aliphatic carbocycles. The summed E-state index contributed by atoms with van der Waals surface area (Å²) in [5.74, 6) is -3.20. The van der Waals surface area contributed by atoms with E-state index in [1.54, 1.807) is 0 Å². The highest BCUT2D eigenvalue weighted by atomic mass is 19.3. The molecule has 0 aliphatic heterocycles. The Bertz CT molecular complexity index is 497. The topological polar surface area (TPSA) is 63.6 Å². The molecule has 96 valence electrons. The normalized spacial score (nSPS) is 10.9. The molecule has 0 atom stereocenters. The van der Waals surface area contributed by atoms with Gasteiger partial charge in [-0.2, -0.15) is 8.78 Å². The number of carbonyl (C=O) groups is 2. The van der Waals surface area contributed by atoms with E-state index >= 15 is 0 Å². The van der Waals surface area contributed by atoms with E-state index < -0.39 is 24.1 Å². The van der Waals surface area contributed by atoms with Crippen molar-refractivity contribution in [1.82, 2.24) is 0 Å². The number of carbonyl (C=O) groups excluding carboxylic acids is 1. The van der Waals surface area contributed by atoms with Crippen molar-refractivity contribution in [1.29, 1.82) is 0 Å². The predicted molar refractivity (Wildman–Crippen MR) is 55.1 cm³/mol. The van der Waals surface area contributed by atoms with Gasteiger partial charge in [-0.15, -0.1) is 0 Å². The highest BCUT2D eigenvalue weighted by Crippen LogP contribution is 2.24. The van der Waals surface area contributed by atoms with E-state index in [4.69, 9.17) is 5.11 Å². The summed E-state index contributed by atoms with van der Waals surface area (Å²) in [5, 5.41) is 8.41. The third-order valence-corrected chi connectivity index (χ3v) is 1.89. The van der Waals surface area contributed by atoms with E-state index in [-0.39, 0.29) is 17.4 Å². The molecule has 1 rings (SSSR count). The number of alkyl halides is 2. The first-order valence-corrected chi connectivity index (χ1v) is 4.58. The van der Waals surface area contributed by atoms with Crippen molar-refractivity contribution in [3.63, 3.8) is 0 Å². The van der Waals surface area contributed by atoms with Gasteiger partial charge in [-0.05, 0) is 23.8 Å². The van der Waals surface area contributed by atoms with Crippen LogP contribution in [0.1, 0.15) is 15.9 Å². The van der Waals surface area contributed by atoms with E-state index in [1.807, 2.05) is 0 Å². The Kier molecular flexibility index (Phi) is 4.47. The quantitative estimate of drug-likeness (QED) is 0.652. The van der Waals surface area contributed by atoms with Gasteiger partial charge in [-0.25, -0.2) is 9.18 Å². The summed E-state index contributed by atoms with van der Waals surface area (Å²) >= 11 is 0. The fourth-order valence-corrected chi connectivity index (χ4v) is 1.18. The molecule has 0 saturated heterocycles. The number of carboxylic acids is 1. The summed E-state index contributed by atoms with van der Waals surface area (Å²) in [6, 6.07) is 1.51. The molecule has 0 bridgehead atoms. The second-order valence-corrected chi connectivity index (χ2v) is 3.08. The number of hydrogen-bond acceptors (Lipinski definition) is 3. The van der Waals surface area contributed by atoms with Crippen LogP contribution in [-0.2, 0) is 4.79 Å². The zero-order valence-corrected chi connectivity index (χ0v) is 8.77.